The zero-order valence-corrected chi connectivity index (χ0v) is 29.9. The molecule has 53 heavy (non-hydrogen) atoms. The predicted molar refractivity (Wildman–Crippen MR) is 223 cm³/mol. The highest BCUT2D eigenvalue weighted by Gasteiger charge is 2.41. The molecule has 0 spiro atoms. The molecule has 0 bridgehead atoms. The SMILES string of the molecule is N#Cc1ccc2c(c1)c1ccccc1n2-c1ccc([Si](c2ccccc2)(c2ccccc2)c2ccc3c(c2)c2ccccc2n3-c2ccccc2)cc1. The van der Waals surface area contributed by atoms with Crippen LogP contribution in [-0.2, 0) is 0 Å². The number of nitrogens with zero attached hydrogens (tertiary/aromatic N) is 3. The molecular weight excluding hydrogens is 659 g/mol. The van der Waals surface area contributed by atoms with Crippen LogP contribution in [0.1, 0.15) is 5.56 Å². The summed E-state index contributed by atoms with van der Waals surface area (Å²) in [4.78, 5) is 0. The zero-order chi connectivity index (χ0) is 35.4. The van der Waals surface area contributed by atoms with Crippen LogP contribution in [-0.4, -0.2) is 17.2 Å². The Hall–Kier alpha value is -6.93. The number of benzene rings is 8. The first-order valence-corrected chi connectivity index (χ1v) is 20.0. The van der Waals surface area contributed by atoms with Crippen LogP contribution in [0.25, 0.3) is 55.0 Å². The molecule has 4 heteroatoms. The normalized spacial score (nSPS) is 11.8. The van der Waals surface area contributed by atoms with E-state index in [0.717, 1.165) is 33.2 Å². The maximum absolute atomic E-state index is 9.69. The maximum Gasteiger partial charge on any atom is 0.179 e. The zero-order valence-electron chi connectivity index (χ0n) is 28.9. The van der Waals surface area contributed by atoms with Crippen molar-refractivity contribution in [2.24, 2.45) is 0 Å². The number of aromatic nitrogens is 2. The van der Waals surface area contributed by atoms with Gasteiger partial charge < -0.3 is 9.13 Å². The molecule has 0 aliphatic heterocycles. The van der Waals surface area contributed by atoms with Crippen molar-refractivity contribution in [3.05, 3.63) is 206 Å². The van der Waals surface area contributed by atoms with Crippen molar-refractivity contribution < 1.29 is 0 Å². The number of nitriles is 1. The molecular formula is C49H33N3Si. The van der Waals surface area contributed by atoms with Gasteiger partial charge in [-0.15, -0.1) is 0 Å². The van der Waals surface area contributed by atoms with Crippen LogP contribution in [0.15, 0.2) is 200 Å². The monoisotopic (exact) mass is 691 g/mol. The van der Waals surface area contributed by atoms with Gasteiger partial charge in [0.05, 0.1) is 33.7 Å². The summed E-state index contributed by atoms with van der Waals surface area (Å²) in [7, 11) is -2.86. The summed E-state index contributed by atoms with van der Waals surface area (Å²) < 4.78 is 4.72. The van der Waals surface area contributed by atoms with Gasteiger partial charge in [-0.1, -0.05) is 140 Å². The van der Waals surface area contributed by atoms with Gasteiger partial charge in [-0.05, 0) is 81.4 Å². The molecule has 0 radical (unpaired) electrons. The first-order valence-electron chi connectivity index (χ1n) is 18.0. The third-order valence-electron chi connectivity index (χ3n) is 10.9. The van der Waals surface area contributed by atoms with Gasteiger partial charge in [-0.25, -0.2) is 0 Å². The second-order valence-corrected chi connectivity index (χ2v) is 17.5. The summed E-state index contributed by atoms with van der Waals surface area (Å²) in [5.41, 5.74) is 7.54. The second kappa shape index (κ2) is 12.4. The van der Waals surface area contributed by atoms with E-state index >= 15 is 0 Å². The largest absolute Gasteiger partial charge is 0.309 e. The molecule has 0 aliphatic carbocycles. The van der Waals surface area contributed by atoms with E-state index < -0.39 is 8.07 Å². The van der Waals surface area contributed by atoms with E-state index in [4.69, 9.17) is 0 Å². The minimum atomic E-state index is -2.86. The third-order valence-corrected chi connectivity index (χ3v) is 15.7. The summed E-state index contributed by atoms with van der Waals surface area (Å²) in [6.07, 6.45) is 0. The van der Waals surface area contributed by atoms with Gasteiger partial charge in [0.15, 0.2) is 8.07 Å². The first-order chi connectivity index (χ1) is 26.3. The van der Waals surface area contributed by atoms with Crippen molar-refractivity contribution in [3.63, 3.8) is 0 Å². The molecule has 0 fully saturated rings. The van der Waals surface area contributed by atoms with Crippen molar-refractivity contribution in [1.82, 2.24) is 9.13 Å². The Kier molecular flexibility index (Phi) is 7.21. The number of hydrogen-bond donors (Lipinski definition) is 0. The minimum Gasteiger partial charge on any atom is -0.309 e. The molecule has 10 aromatic rings. The van der Waals surface area contributed by atoms with Crippen LogP contribution in [0.5, 0.6) is 0 Å². The molecule has 3 nitrogen and oxygen atoms in total. The van der Waals surface area contributed by atoms with Gasteiger partial charge >= 0.3 is 0 Å². The van der Waals surface area contributed by atoms with Gasteiger partial charge in [-0.3, -0.25) is 0 Å². The lowest BCUT2D eigenvalue weighted by Gasteiger charge is -2.34. The van der Waals surface area contributed by atoms with Crippen molar-refractivity contribution in [3.8, 4) is 17.4 Å². The van der Waals surface area contributed by atoms with Gasteiger partial charge in [0.1, 0.15) is 0 Å². The van der Waals surface area contributed by atoms with Crippen molar-refractivity contribution in [2.45, 2.75) is 0 Å². The minimum absolute atomic E-state index is 0.668. The van der Waals surface area contributed by atoms with Crippen molar-refractivity contribution >= 4 is 72.4 Å². The van der Waals surface area contributed by atoms with Crippen molar-refractivity contribution in [2.75, 3.05) is 0 Å². The molecule has 0 saturated carbocycles. The average molecular weight is 692 g/mol. The molecule has 8 aromatic carbocycles. The second-order valence-electron chi connectivity index (χ2n) is 13.6. The van der Waals surface area contributed by atoms with Crippen LogP contribution in [0, 0.1) is 11.3 Å². The van der Waals surface area contributed by atoms with Gasteiger partial charge in [0, 0.05) is 32.9 Å². The lowest BCUT2D eigenvalue weighted by molar-refractivity contribution is 1.18. The van der Waals surface area contributed by atoms with E-state index in [2.05, 4.69) is 203 Å². The Morgan fingerprint density at radius 1 is 0.340 bits per heavy atom. The Balaban J connectivity index is 1.24. The van der Waals surface area contributed by atoms with Gasteiger partial charge in [0.25, 0.3) is 0 Å². The summed E-state index contributed by atoms with van der Waals surface area (Å²) >= 11 is 0. The first kappa shape index (κ1) is 30.9. The molecule has 0 unspecified atom stereocenters. The van der Waals surface area contributed by atoms with E-state index in [9.17, 15) is 5.26 Å². The smallest absolute Gasteiger partial charge is 0.179 e. The maximum atomic E-state index is 9.69. The Bertz CT molecular complexity index is 2950. The molecule has 0 atom stereocenters. The number of rotatable bonds is 6. The predicted octanol–water partition coefficient (Wildman–Crippen LogP) is 9.13. The van der Waals surface area contributed by atoms with E-state index in [1.165, 1.54) is 42.6 Å². The van der Waals surface area contributed by atoms with E-state index in [-0.39, 0.29) is 0 Å². The van der Waals surface area contributed by atoms with Crippen LogP contribution in [0.4, 0.5) is 0 Å². The van der Waals surface area contributed by atoms with E-state index in [1.54, 1.807) is 0 Å². The van der Waals surface area contributed by atoms with Gasteiger partial charge in [-0.2, -0.15) is 5.26 Å². The molecule has 10 rings (SSSR count). The topological polar surface area (TPSA) is 33.6 Å². The number of fused-ring (bicyclic) bond motifs is 6. The molecule has 0 N–H and O–H groups in total. The van der Waals surface area contributed by atoms with Crippen molar-refractivity contribution in [1.29, 1.82) is 5.26 Å². The Morgan fingerprint density at radius 2 is 0.755 bits per heavy atom. The summed E-state index contributed by atoms with van der Waals surface area (Å²) in [5, 5.41) is 19.8. The van der Waals surface area contributed by atoms with Crippen LogP contribution in [0.2, 0.25) is 0 Å². The lowest BCUT2D eigenvalue weighted by Crippen LogP contribution is -2.74. The molecule has 2 heterocycles. The average Bonchev–Trinajstić information content (AvgIpc) is 3.75. The Labute approximate surface area is 308 Å². The van der Waals surface area contributed by atoms with Crippen LogP contribution in [0.3, 0.4) is 0 Å². The van der Waals surface area contributed by atoms with E-state index in [0.29, 0.717) is 5.56 Å². The van der Waals surface area contributed by atoms with E-state index in [1.807, 2.05) is 12.1 Å². The fourth-order valence-electron chi connectivity index (χ4n) is 8.62. The fourth-order valence-corrected chi connectivity index (χ4v) is 13.4. The Morgan fingerprint density at radius 3 is 1.32 bits per heavy atom. The molecule has 0 amide bonds. The number of para-hydroxylation sites is 3. The van der Waals surface area contributed by atoms with Gasteiger partial charge in [0.2, 0.25) is 0 Å². The van der Waals surface area contributed by atoms with Crippen LogP contribution < -0.4 is 20.7 Å². The third kappa shape index (κ3) is 4.72. The quantitative estimate of drug-likeness (QED) is 0.127. The highest BCUT2D eigenvalue weighted by molar-refractivity contribution is 7.20. The standard InChI is InChI=1S/C49H33N3Si/c50-34-35-24-30-48-44(32-35)42-20-10-12-22-46(42)52(48)37-25-27-40(28-26-37)53(38-16-6-2-7-17-38,39-18-8-3-9-19-39)41-29-31-49-45(33-41)43-21-11-13-23-47(43)51(49)36-14-4-1-5-15-36/h1-33H. The highest BCUT2D eigenvalue weighted by atomic mass is 28.3. The summed E-state index contributed by atoms with van der Waals surface area (Å²) in [6.45, 7) is 0. The fraction of sp³-hybridized carbons (Fsp3) is 0. The lowest BCUT2D eigenvalue weighted by atomic mass is 10.1. The summed E-state index contributed by atoms with van der Waals surface area (Å²) in [5.74, 6) is 0. The molecule has 248 valence electrons. The van der Waals surface area contributed by atoms with Crippen LogP contribution >= 0.6 is 0 Å². The molecule has 0 aliphatic rings. The highest BCUT2D eigenvalue weighted by Crippen LogP contribution is 2.34. The molecule has 2 aromatic heterocycles. The molecule has 0 saturated heterocycles. The summed E-state index contributed by atoms with van der Waals surface area (Å²) in [6, 6.07) is 75.0. The number of hydrogen-bond acceptors (Lipinski definition) is 1.